The molecule has 0 N–H and O–H groups in total. The van der Waals surface area contributed by atoms with Gasteiger partial charge in [-0.05, 0) is 18.8 Å². The molecule has 0 radical (unpaired) electrons. The summed E-state index contributed by atoms with van der Waals surface area (Å²) in [6.45, 7) is 0.774. The molecule has 0 aromatic heterocycles. The lowest BCUT2D eigenvalue weighted by atomic mass is 9.89. The van der Waals surface area contributed by atoms with Crippen LogP contribution in [0.15, 0.2) is 12.2 Å². The molecule has 0 amide bonds. The van der Waals surface area contributed by atoms with E-state index in [9.17, 15) is 0 Å². The van der Waals surface area contributed by atoms with Crippen molar-refractivity contribution < 1.29 is 4.74 Å². The van der Waals surface area contributed by atoms with Crippen LogP contribution in [0.3, 0.4) is 0 Å². The number of methoxy groups -OCH3 is 1. The monoisotopic (exact) mass is 154 g/mol. The van der Waals surface area contributed by atoms with E-state index in [0.717, 1.165) is 12.5 Å². The quantitative estimate of drug-likeness (QED) is 0.568. The van der Waals surface area contributed by atoms with Gasteiger partial charge in [0.15, 0.2) is 0 Å². The van der Waals surface area contributed by atoms with Crippen molar-refractivity contribution in [2.75, 3.05) is 13.7 Å². The van der Waals surface area contributed by atoms with Gasteiger partial charge in [0.05, 0.1) is 6.61 Å². The van der Waals surface area contributed by atoms with Gasteiger partial charge in [0, 0.05) is 7.11 Å². The highest BCUT2D eigenvalue weighted by Crippen LogP contribution is 2.24. The summed E-state index contributed by atoms with van der Waals surface area (Å²) in [5, 5.41) is 0. The molecule has 0 saturated heterocycles. The molecule has 0 bridgehead atoms. The lowest BCUT2D eigenvalue weighted by Gasteiger charge is -2.17. The Morgan fingerprint density at radius 3 is 2.64 bits per heavy atom. The smallest absolute Gasteiger partial charge is 0.0643 e. The highest BCUT2D eigenvalue weighted by Gasteiger charge is 2.08. The third kappa shape index (κ3) is 3.57. The van der Waals surface area contributed by atoms with Crippen molar-refractivity contribution in [2.24, 2.45) is 5.92 Å². The molecular weight excluding hydrogens is 136 g/mol. The van der Waals surface area contributed by atoms with E-state index in [1.54, 1.807) is 7.11 Å². The molecule has 0 aromatic carbocycles. The van der Waals surface area contributed by atoms with E-state index in [1.807, 2.05) is 0 Å². The average Bonchev–Trinajstić information content (AvgIpc) is 2.07. The first kappa shape index (κ1) is 8.79. The molecule has 1 aliphatic carbocycles. The molecule has 0 heterocycles. The lowest BCUT2D eigenvalue weighted by Crippen LogP contribution is -2.02. The topological polar surface area (TPSA) is 9.23 Å². The first-order valence-corrected chi connectivity index (χ1v) is 4.59. The Balaban J connectivity index is 2.13. The summed E-state index contributed by atoms with van der Waals surface area (Å²) in [7, 11) is 1.74. The molecule has 0 aliphatic heterocycles. The van der Waals surface area contributed by atoms with Gasteiger partial charge in [-0.2, -0.15) is 0 Å². The summed E-state index contributed by atoms with van der Waals surface area (Å²) in [6.07, 6.45) is 11.5. The van der Waals surface area contributed by atoms with E-state index in [-0.39, 0.29) is 0 Å². The van der Waals surface area contributed by atoms with Crippen molar-refractivity contribution >= 4 is 0 Å². The van der Waals surface area contributed by atoms with Crippen LogP contribution in [-0.4, -0.2) is 13.7 Å². The van der Waals surface area contributed by atoms with Crippen LogP contribution in [0, 0.1) is 5.92 Å². The van der Waals surface area contributed by atoms with Gasteiger partial charge in [0.1, 0.15) is 0 Å². The normalized spacial score (nSPS) is 21.2. The highest BCUT2D eigenvalue weighted by atomic mass is 16.5. The zero-order valence-corrected chi connectivity index (χ0v) is 7.38. The molecule has 0 spiro atoms. The van der Waals surface area contributed by atoms with Gasteiger partial charge < -0.3 is 4.74 Å². The van der Waals surface area contributed by atoms with Crippen molar-refractivity contribution in [3.63, 3.8) is 0 Å². The molecular formula is C10H18O. The molecule has 1 rings (SSSR count). The van der Waals surface area contributed by atoms with Gasteiger partial charge in [-0.3, -0.25) is 0 Å². The molecule has 1 nitrogen and oxygen atoms in total. The van der Waals surface area contributed by atoms with Gasteiger partial charge in [-0.15, -0.1) is 0 Å². The van der Waals surface area contributed by atoms with Crippen LogP contribution in [0.1, 0.15) is 32.1 Å². The van der Waals surface area contributed by atoms with Crippen molar-refractivity contribution in [1.82, 2.24) is 0 Å². The zero-order valence-electron chi connectivity index (χ0n) is 7.38. The first-order chi connectivity index (χ1) is 5.43. The number of hydrogen-bond acceptors (Lipinski definition) is 1. The maximum atomic E-state index is 4.95. The zero-order chi connectivity index (χ0) is 7.94. The fourth-order valence-electron chi connectivity index (χ4n) is 1.67. The molecule has 0 aromatic rings. The second kappa shape index (κ2) is 5.36. The second-order valence-electron chi connectivity index (χ2n) is 3.28. The summed E-state index contributed by atoms with van der Waals surface area (Å²) in [5.74, 6) is 0.846. The van der Waals surface area contributed by atoms with E-state index in [0.29, 0.717) is 0 Å². The fraction of sp³-hybridized carbons (Fsp3) is 0.800. The number of rotatable bonds is 3. The summed E-state index contributed by atoms with van der Waals surface area (Å²) in [5.41, 5.74) is 0. The Labute approximate surface area is 69.4 Å². The van der Waals surface area contributed by atoms with Gasteiger partial charge in [0.25, 0.3) is 0 Å². The minimum absolute atomic E-state index is 0.774. The SMILES string of the molecule is COC/C=C/C1CCCCC1. The van der Waals surface area contributed by atoms with Crippen LogP contribution < -0.4 is 0 Å². The molecule has 64 valence electrons. The predicted molar refractivity (Wildman–Crippen MR) is 47.6 cm³/mol. The Morgan fingerprint density at radius 2 is 2.00 bits per heavy atom. The molecule has 1 aliphatic rings. The highest BCUT2D eigenvalue weighted by molar-refractivity contribution is 4.89. The molecule has 1 fully saturated rings. The van der Waals surface area contributed by atoms with E-state index in [2.05, 4.69) is 12.2 Å². The van der Waals surface area contributed by atoms with Crippen LogP contribution in [0.2, 0.25) is 0 Å². The van der Waals surface area contributed by atoms with E-state index >= 15 is 0 Å². The summed E-state index contributed by atoms with van der Waals surface area (Å²) < 4.78 is 4.95. The standard InChI is InChI=1S/C10H18O/c1-11-9-5-8-10-6-3-2-4-7-10/h5,8,10H,2-4,6-7,9H2,1H3/b8-5+. The van der Waals surface area contributed by atoms with Crippen molar-refractivity contribution in [1.29, 1.82) is 0 Å². The van der Waals surface area contributed by atoms with Crippen molar-refractivity contribution in [2.45, 2.75) is 32.1 Å². The summed E-state index contributed by atoms with van der Waals surface area (Å²) in [4.78, 5) is 0. The Morgan fingerprint density at radius 1 is 1.27 bits per heavy atom. The van der Waals surface area contributed by atoms with E-state index in [1.165, 1.54) is 32.1 Å². The van der Waals surface area contributed by atoms with Crippen molar-refractivity contribution in [3.05, 3.63) is 12.2 Å². The van der Waals surface area contributed by atoms with Crippen LogP contribution in [0.5, 0.6) is 0 Å². The van der Waals surface area contributed by atoms with Gasteiger partial charge in [-0.1, -0.05) is 31.4 Å². The molecule has 0 unspecified atom stereocenters. The van der Waals surface area contributed by atoms with Crippen LogP contribution in [0.4, 0.5) is 0 Å². The molecule has 1 heteroatoms. The van der Waals surface area contributed by atoms with Crippen LogP contribution in [0.25, 0.3) is 0 Å². The Kier molecular flexibility index (Phi) is 4.29. The molecule has 1 saturated carbocycles. The molecule has 0 atom stereocenters. The summed E-state index contributed by atoms with van der Waals surface area (Å²) >= 11 is 0. The molecule has 11 heavy (non-hydrogen) atoms. The first-order valence-electron chi connectivity index (χ1n) is 4.59. The maximum absolute atomic E-state index is 4.95. The number of allylic oxidation sites excluding steroid dienone is 1. The average molecular weight is 154 g/mol. The largest absolute Gasteiger partial charge is 0.381 e. The van der Waals surface area contributed by atoms with Gasteiger partial charge in [-0.25, -0.2) is 0 Å². The Hall–Kier alpha value is -0.300. The Bertz CT molecular complexity index is 112. The second-order valence-corrected chi connectivity index (χ2v) is 3.28. The summed E-state index contributed by atoms with van der Waals surface area (Å²) in [6, 6.07) is 0. The minimum Gasteiger partial charge on any atom is -0.381 e. The van der Waals surface area contributed by atoms with E-state index in [4.69, 9.17) is 4.74 Å². The third-order valence-electron chi connectivity index (χ3n) is 2.32. The van der Waals surface area contributed by atoms with Gasteiger partial charge >= 0.3 is 0 Å². The predicted octanol–water partition coefficient (Wildman–Crippen LogP) is 2.77. The van der Waals surface area contributed by atoms with Crippen LogP contribution in [-0.2, 0) is 4.74 Å². The maximum Gasteiger partial charge on any atom is 0.0643 e. The van der Waals surface area contributed by atoms with Gasteiger partial charge in [0.2, 0.25) is 0 Å². The van der Waals surface area contributed by atoms with Crippen LogP contribution >= 0.6 is 0 Å². The van der Waals surface area contributed by atoms with Crippen molar-refractivity contribution in [3.8, 4) is 0 Å². The fourth-order valence-corrected chi connectivity index (χ4v) is 1.67. The lowest BCUT2D eigenvalue weighted by molar-refractivity contribution is 0.233. The minimum atomic E-state index is 0.774. The number of ether oxygens (including phenoxy) is 1. The van der Waals surface area contributed by atoms with E-state index < -0.39 is 0 Å². The number of hydrogen-bond donors (Lipinski definition) is 0. The third-order valence-corrected chi connectivity index (χ3v) is 2.32.